The van der Waals surface area contributed by atoms with Crippen LogP contribution in [0.15, 0.2) is 0 Å². The summed E-state index contributed by atoms with van der Waals surface area (Å²) in [4.78, 5) is 30.5. The molecule has 4 N–H and O–H groups in total. The molecule has 0 heterocycles. The summed E-state index contributed by atoms with van der Waals surface area (Å²) in [6.45, 7) is 0. The van der Waals surface area contributed by atoms with E-state index in [0.29, 0.717) is 0 Å². The Kier molecular flexibility index (Phi) is 12.6. The van der Waals surface area contributed by atoms with E-state index in [9.17, 15) is 14.4 Å². The standard InChI is InChI=1S/C6H8O7.Na.OP/c7-3(8)1-6(13,5(11)12)2-4(9)10;;1-2/h13H,1-2H2,(H,7,8)(H,9,10)(H,11,12);;/q;+1;-1. The predicted molar refractivity (Wildman–Crippen MR) is 44.7 cm³/mol. The molecule has 0 amide bonds. The van der Waals surface area contributed by atoms with Crippen LogP contribution >= 0.6 is 9.12 Å². The smallest absolute Gasteiger partial charge is 0.550 e. The van der Waals surface area contributed by atoms with Crippen LogP contribution in [0.5, 0.6) is 0 Å². The number of aliphatic hydroxyl groups is 1. The van der Waals surface area contributed by atoms with Crippen LogP contribution in [-0.2, 0) is 18.9 Å². The van der Waals surface area contributed by atoms with Crippen LogP contribution in [0, 0.1) is 0 Å². The molecule has 0 aliphatic rings. The Morgan fingerprint density at radius 2 is 1.19 bits per heavy atom. The van der Waals surface area contributed by atoms with E-state index in [1.807, 2.05) is 0 Å². The van der Waals surface area contributed by atoms with Gasteiger partial charge in [-0.2, -0.15) is 0 Å². The average molecular weight is 262 g/mol. The number of aliphatic carboxylic acids is 3. The van der Waals surface area contributed by atoms with Crippen molar-refractivity contribution in [3.05, 3.63) is 0 Å². The molecule has 0 unspecified atom stereocenters. The molecule has 0 rings (SSSR count). The molecule has 0 radical (unpaired) electrons. The quantitative estimate of drug-likeness (QED) is 0.294. The van der Waals surface area contributed by atoms with E-state index in [4.69, 9.17) is 25.0 Å². The minimum atomic E-state index is -2.74. The van der Waals surface area contributed by atoms with Gasteiger partial charge in [-0.15, -0.1) is 0 Å². The molecule has 0 fully saturated rings. The van der Waals surface area contributed by atoms with Crippen molar-refractivity contribution >= 4 is 27.0 Å². The Labute approximate surface area is 114 Å². The fourth-order valence-electron chi connectivity index (χ4n) is 0.714. The van der Waals surface area contributed by atoms with Gasteiger partial charge in [0.15, 0.2) is 5.60 Å². The second-order valence-corrected chi connectivity index (χ2v) is 2.48. The summed E-state index contributed by atoms with van der Waals surface area (Å²) in [5.74, 6) is -5.02. The van der Waals surface area contributed by atoms with Crippen LogP contribution in [0.2, 0.25) is 0 Å². The molecule has 86 valence electrons. The topological polar surface area (TPSA) is 149 Å². The molecule has 0 atom stereocenters. The average Bonchev–Trinajstić information content (AvgIpc) is 2.04. The van der Waals surface area contributed by atoms with Gasteiger partial charge in [0, 0.05) is 0 Å². The Balaban J connectivity index is -0.000000529. The molecule has 16 heavy (non-hydrogen) atoms. The molecule has 0 aromatic carbocycles. The summed E-state index contributed by atoms with van der Waals surface area (Å²) in [5.41, 5.74) is -2.74. The molecule has 0 aromatic rings. The van der Waals surface area contributed by atoms with Crippen molar-refractivity contribution < 1.29 is 68.9 Å². The molecule has 0 saturated heterocycles. The van der Waals surface area contributed by atoms with Crippen molar-refractivity contribution in [1.29, 1.82) is 0 Å². The van der Waals surface area contributed by atoms with Crippen molar-refractivity contribution in [2.75, 3.05) is 0 Å². The third-order valence-corrected chi connectivity index (χ3v) is 1.29. The molecule has 0 aliphatic carbocycles. The SMILES string of the molecule is O=C(O)CC(O)(CC(=O)O)C(=O)O.O=[P-].[Na+]. The van der Waals surface area contributed by atoms with E-state index in [-0.39, 0.29) is 29.6 Å². The van der Waals surface area contributed by atoms with E-state index in [1.54, 1.807) is 0 Å². The number of carboxylic acids is 3. The zero-order valence-electron chi connectivity index (χ0n) is 8.28. The third-order valence-electron chi connectivity index (χ3n) is 1.29. The second kappa shape index (κ2) is 9.68. The fraction of sp³-hybridized carbons (Fsp3) is 0.500. The predicted octanol–water partition coefficient (Wildman–Crippen LogP) is -3.50. The number of rotatable bonds is 5. The minimum absolute atomic E-state index is 0. The van der Waals surface area contributed by atoms with Crippen LogP contribution in [0.4, 0.5) is 0 Å². The number of hydrogen-bond acceptors (Lipinski definition) is 5. The summed E-state index contributed by atoms with van der Waals surface area (Å²) in [6, 6.07) is 0. The summed E-state index contributed by atoms with van der Waals surface area (Å²) < 4.78 is 7.94. The molecule has 0 aliphatic heterocycles. The van der Waals surface area contributed by atoms with Crippen molar-refractivity contribution in [2.24, 2.45) is 0 Å². The maximum Gasteiger partial charge on any atom is 1.00 e. The molecular formula is C6H8NaO8P. The maximum absolute atomic E-state index is 10.3. The maximum atomic E-state index is 10.3. The van der Waals surface area contributed by atoms with Crippen molar-refractivity contribution in [1.82, 2.24) is 0 Å². The first-order valence-corrected chi connectivity index (χ1v) is 3.72. The van der Waals surface area contributed by atoms with Gasteiger partial charge in [-0.25, -0.2) is 4.79 Å². The molecule has 10 heteroatoms. The van der Waals surface area contributed by atoms with E-state index < -0.39 is 36.4 Å². The first kappa shape index (κ1) is 20.8. The van der Waals surface area contributed by atoms with Gasteiger partial charge in [0.1, 0.15) is 0 Å². The summed E-state index contributed by atoms with van der Waals surface area (Å²) in [6.07, 6.45) is -2.29. The van der Waals surface area contributed by atoms with Gasteiger partial charge in [0.25, 0.3) is 0 Å². The molecule has 0 aromatic heterocycles. The zero-order valence-corrected chi connectivity index (χ0v) is 11.2. The van der Waals surface area contributed by atoms with E-state index in [2.05, 4.69) is 9.12 Å². The summed E-state index contributed by atoms with van der Waals surface area (Å²) in [5, 5.41) is 33.8. The Bertz CT molecular complexity index is 251. The van der Waals surface area contributed by atoms with Crippen LogP contribution in [-0.4, -0.2) is 43.9 Å². The van der Waals surface area contributed by atoms with E-state index in [0.717, 1.165) is 0 Å². The monoisotopic (exact) mass is 262 g/mol. The minimum Gasteiger partial charge on any atom is -0.550 e. The number of carbonyl (C=O) groups is 3. The fourth-order valence-corrected chi connectivity index (χ4v) is 0.714. The first-order valence-electron chi connectivity index (χ1n) is 3.35. The number of hydrogen-bond donors (Lipinski definition) is 4. The van der Waals surface area contributed by atoms with E-state index in [1.165, 1.54) is 0 Å². The van der Waals surface area contributed by atoms with E-state index >= 15 is 0 Å². The molecule has 0 spiro atoms. The molecule has 0 saturated carbocycles. The van der Waals surface area contributed by atoms with Crippen LogP contribution in [0.1, 0.15) is 12.8 Å². The summed E-state index contributed by atoms with van der Waals surface area (Å²) in [7, 11) is 2.28. The van der Waals surface area contributed by atoms with Gasteiger partial charge in [0.2, 0.25) is 0 Å². The van der Waals surface area contributed by atoms with Gasteiger partial charge in [-0.3, -0.25) is 9.59 Å². The van der Waals surface area contributed by atoms with Crippen LogP contribution in [0.25, 0.3) is 0 Å². The molecular weight excluding hydrogens is 254 g/mol. The molecule has 0 bridgehead atoms. The van der Waals surface area contributed by atoms with Gasteiger partial charge >= 0.3 is 47.5 Å². The zero-order chi connectivity index (χ0) is 12.6. The van der Waals surface area contributed by atoms with Crippen LogP contribution in [0.3, 0.4) is 0 Å². The first-order chi connectivity index (χ1) is 6.78. The van der Waals surface area contributed by atoms with Gasteiger partial charge in [-0.05, 0) is 0 Å². The normalized spacial score (nSPS) is 9.06. The van der Waals surface area contributed by atoms with Gasteiger partial charge in [0.05, 0.1) is 12.8 Å². The van der Waals surface area contributed by atoms with Gasteiger partial charge in [-0.1, -0.05) is 0 Å². The largest absolute Gasteiger partial charge is 1.00 e. The summed E-state index contributed by atoms with van der Waals surface area (Å²) >= 11 is 0. The van der Waals surface area contributed by atoms with Crippen LogP contribution < -0.4 is 29.6 Å². The third kappa shape index (κ3) is 8.75. The Morgan fingerprint density at radius 3 is 1.31 bits per heavy atom. The Hall–Kier alpha value is -0.530. The van der Waals surface area contributed by atoms with Crippen molar-refractivity contribution in [2.45, 2.75) is 18.4 Å². The number of carboxylic acid groups (broad SMARTS) is 3. The Morgan fingerprint density at radius 1 is 0.938 bits per heavy atom. The second-order valence-electron chi connectivity index (χ2n) is 2.48. The molecule has 8 nitrogen and oxygen atoms in total. The van der Waals surface area contributed by atoms with Crippen molar-refractivity contribution in [3.63, 3.8) is 0 Å². The van der Waals surface area contributed by atoms with Crippen molar-refractivity contribution in [3.8, 4) is 0 Å². The van der Waals surface area contributed by atoms with Gasteiger partial charge < -0.3 is 34.1 Å².